The van der Waals surface area contributed by atoms with Crippen molar-refractivity contribution in [1.82, 2.24) is 10.2 Å². The second kappa shape index (κ2) is 8.73. The number of benzene rings is 1. The molecule has 142 valence electrons. The predicted octanol–water partition coefficient (Wildman–Crippen LogP) is 3.04. The van der Waals surface area contributed by atoms with E-state index < -0.39 is 0 Å². The highest BCUT2D eigenvalue weighted by Gasteiger charge is 2.43. The molecule has 1 N–H and O–H groups in total. The Kier molecular flexibility index (Phi) is 6.38. The summed E-state index contributed by atoms with van der Waals surface area (Å²) in [4.78, 5) is 27.1. The smallest absolute Gasteiger partial charge is 0.410 e. The zero-order chi connectivity index (χ0) is 18.5. The lowest BCUT2D eigenvalue weighted by Gasteiger charge is -2.38. The van der Waals surface area contributed by atoms with Crippen LogP contribution in [0, 0.1) is 0 Å². The standard InChI is InChI=1S/C19H26ClN3O3/c1-2-26-19(25)23-17-7-8-18(23)12-15(11-17)21-9-10-22(13-24)16-5-3-14(20)4-6-16/h3-6,13,15,17-18,21H,2,7-12H2,1H3. The molecule has 26 heavy (non-hydrogen) atoms. The number of anilines is 1. The van der Waals surface area contributed by atoms with Crippen molar-refractivity contribution in [3.8, 4) is 0 Å². The lowest BCUT2D eigenvalue weighted by Crippen LogP contribution is -2.52. The van der Waals surface area contributed by atoms with Crippen LogP contribution in [0.25, 0.3) is 0 Å². The Labute approximate surface area is 159 Å². The molecule has 3 rings (SSSR count). The van der Waals surface area contributed by atoms with Crippen LogP contribution in [0.3, 0.4) is 0 Å². The molecule has 0 spiro atoms. The van der Waals surface area contributed by atoms with E-state index in [4.69, 9.17) is 16.3 Å². The molecule has 2 aliphatic rings. The first-order chi connectivity index (χ1) is 12.6. The second-order valence-corrected chi connectivity index (χ2v) is 7.33. The maximum Gasteiger partial charge on any atom is 0.410 e. The number of nitrogens with one attached hydrogen (secondary N) is 1. The van der Waals surface area contributed by atoms with Gasteiger partial charge in [0.05, 0.1) is 6.61 Å². The fourth-order valence-electron chi connectivity index (χ4n) is 4.10. The number of halogens is 1. The van der Waals surface area contributed by atoms with Crippen molar-refractivity contribution >= 4 is 29.8 Å². The van der Waals surface area contributed by atoms with Gasteiger partial charge in [0.1, 0.15) is 0 Å². The summed E-state index contributed by atoms with van der Waals surface area (Å²) >= 11 is 5.90. The average molecular weight is 380 g/mol. The number of carbonyl (C=O) groups excluding carboxylic acids is 2. The number of amides is 2. The van der Waals surface area contributed by atoms with Crippen molar-refractivity contribution in [2.24, 2.45) is 0 Å². The van der Waals surface area contributed by atoms with Crippen LogP contribution < -0.4 is 10.2 Å². The van der Waals surface area contributed by atoms with Crippen LogP contribution in [0.4, 0.5) is 10.5 Å². The van der Waals surface area contributed by atoms with E-state index in [-0.39, 0.29) is 18.2 Å². The van der Waals surface area contributed by atoms with Crippen molar-refractivity contribution in [3.63, 3.8) is 0 Å². The third kappa shape index (κ3) is 4.30. The van der Waals surface area contributed by atoms with E-state index in [0.717, 1.165) is 37.8 Å². The van der Waals surface area contributed by atoms with Crippen LogP contribution >= 0.6 is 11.6 Å². The van der Waals surface area contributed by atoms with E-state index in [1.165, 1.54) is 0 Å². The third-order valence-electron chi connectivity index (χ3n) is 5.28. The van der Waals surface area contributed by atoms with E-state index in [9.17, 15) is 9.59 Å². The van der Waals surface area contributed by atoms with Gasteiger partial charge in [-0.1, -0.05) is 11.6 Å². The molecule has 1 aromatic carbocycles. The number of rotatable bonds is 7. The van der Waals surface area contributed by atoms with Gasteiger partial charge in [-0.05, 0) is 56.9 Å². The summed E-state index contributed by atoms with van der Waals surface area (Å²) in [5, 5.41) is 4.21. The van der Waals surface area contributed by atoms with Gasteiger partial charge in [0, 0.05) is 41.9 Å². The van der Waals surface area contributed by atoms with Gasteiger partial charge in [-0.2, -0.15) is 0 Å². The fraction of sp³-hybridized carbons (Fsp3) is 0.579. The van der Waals surface area contributed by atoms with E-state index in [1.54, 1.807) is 17.0 Å². The molecule has 2 unspecified atom stereocenters. The molecule has 2 saturated heterocycles. The molecular formula is C19H26ClN3O3. The number of hydrogen-bond donors (Lipinski definition) is 1. The van der Waals surface area contributed by atoms with Crippen LogP contribution in [-0.4, -0.2) is 55.2 Å². The quantitative estimate of drug-likeness (QED) is 0.740. The van der Waals surface area contributed by atoms with Crippen molar-refractivity contribution in [1.29, 1.82) is 0 Å². The number of hydrogen-bond acceptors (Lipinski definition) is 4. The lowest BCUT2D eigenvalue weighted by molar-refractivity contribution is -0.107. The fourth-order valence-corrected chi connectivity index (χ4v) is 4.23. The molecule has 2 heterocycles. The van der Waals surface area contributed by atoms with Crippen LogP contribution in [0.15, 0.2) is 24.3 Å². The lowest BCUT2D eigenvalue weighted by atomic mass is 9.98. The van der Waals surface area contributed by atoms with E-state index in [2.05, 4.69) is 5.32 Å². The highest BCUT2D eigenvalue weighted by Crippen LogP contribution is 2.36. The van der Waals surface area contributed by atoms with Gasteiger partial charge in [-0.3, -0.25) is 4.79 Å². The van der Waals surface area contributed by atoms with Gasteiger partial charge < -0.3 is 19.9 Å². The van der Waals surface area contributed by atoms with Gasteiger partial charge in [0.25, 0.3) is 0 Å². The van der Waals surface area contributed by atoms with Crippen molar-refractivity contribution in [3.05, 3.63) is 29.3 Å². The van der Waals surface area contributed by atoms with Gasteiger partial charge in [0.2, 0.25) is 6.41 Å². The minimum atomic E-state index is -0.173. The normalized spacial score (nSPS) is 24.4. The summed E-state index contributed by atoms with van der Waals surface area (Å²) in [5.41, 5.74) is 0.836. The minimum absolute atomic E-state index is 0.173. The van der Waals surface area contributed by atoms with Gasteiger partial charge in [-0.25, -0.2) is 4.79 Å². The topological polar surface area (TPSA) is 61.9 Å². The SMILES string of the molecule is CCOC(=O)N1C2CCC1CC(NCCN(C=O)c1ccc(Cl)cc1)C2. The van der Waals surface area contributed by atoms with E-state index >= 15 is 0 Å². The monoisotopic (exact) mass is 379 g/mol. The minimum Gasteiger partial charge on any atom is -0.450 e. The molecule has 0 aliphatic carbocycles. The number of carbonyl (C=O) groups is 2. The number of nitrogens with zero attached hydrogens (tertiary/aromatic N) is 2. The highest BCUT2D eigenvalue weighted by atomic mass is 35.5. The average Bonchev–Trinajstić information content (AvgIpc) is 2.91. The first-order valence-corrected chi connectivity index (χ1v) is 9.66. The molecule has 2 bridgehead atoms. The van der Waals surface area contributed by atoms with Crippen LogP contribution in [-0.2, 0) is 9.53 Å². The number of piperidine rings is 1. The molecule has 2 amide bonds. The largest absolute Gasteiger partial charge is 0.450 e. The summed E-state index contributed by atoms with van der Waals surface area (Å²) in [6.07, 6.45) is 4.65. The molecule has 2 atom stereocenters. The maximum atomic E-state index is 12.1. The zero-order valence-electron chi connectivity index (χ0n) is 15.1. The zero-order valence-corrected chi connectivity index (χ0v) is 15.8. The molecule has 0 radical (unpaired) electrons. The maximum absolute atomic E-state index is 12.1. The molecular weight excluding hydrogens is 354 g/mol. The molecule has 2 fully saturated rings. The Morgan fingerprint density at radius 1 is 1.31 bits per heavy atom. The molecule has 6 nitrogen and oxygen atoms in total. The van der Waals surface area contributed by atoms with Crippen molar-refractivity contribution < 1.29 is 14.3 Å². The Morgan fingerprint density at radius 2 is 1.96 bits per heavy atom. The summed E-state index contributed by atoms with van der Waals surface area (Å²) in [6.45, 7) is 3.57. The predicted molar refractivity (Wildman–Crippen MR) is 102 cm³/mol. The van der Waals surface area contributed by atoms with E-state index in [1.807, 2.05) is 24.0 Å². The molecule has 1 aromatic rings. The molecule has 2 aliphatic heterocycles. The van der Waals surface area contributed by atoms with Crippen molar-refractivity contribution in [2.45, 2.75) is 50.7 Å². The van der Waals surface area contributed by atoms with Crippen LogP contribution in [0.1, 0.15) is 32.6 Å². The number of ether oxygens (including phenoxy) is 1. The summed E-state index contributed by atoms with van der Waals surface area (Å²) < 4.78 is 5.19. The van der Waals surface area contributed by atoms with Gasteiger partial charge in [-0.15, -0.1) is 0 Å². The summed E-state index contributed by atoms with van der Waals surface area (Å²) in [7, 11) is 0. The Hall–Kier alpha value is -1.79. The summed E-state index contributed by atoms with van der Waals surface area (Å²) in [6, 6.07) is 8.15. The van der Waals surface area contributed by atoms with Crippen LogP contribution in [0.5, 0.6) is 0 Å². The van der Waals surface area contributed by atoms with Crippen LogP contribution in [0.2, 0.25) is 5.02 Å². The third-order valence-corrected chi connectivity index (χ3v) is 5.53. The van der Waals surface area contributed by atoms with Gasteiger partial charge in [0.15, 0.2) is 0 Å². The van der Waals surface area contributed by atoms with E-state index in [0.29, 0.717) is 30.8 Å². The molecule has 0 aromatic heterocycles. The van der Waals surface area contributed by atoms with Crippen molar-refractivity contribution in [2.75, 3.05) is 24.6 Å². The Bertz CT molecular complexity index is 611. The van der Waals surface area contributed by atoms with Gasteiger partial charge >= 0.3 is 6.09 Å². The first kappa shape index (κ1) is 19.0. The first-order valence-electron chi connectivity index (χ1n) is 9.28. The summed E-state index contributed by atoms with van der Waals surface area (Å²) in [5.74, 6) is 0. The second-order valence-electron chi connectivity index (χ2n) is 6.89. The Morgan fingerprint density at radius 3 is 2.54 bits per heavy atom. The molecule has 0 saturated carbocycles. The molecule has 7 heteroatoms. The number of fused-ring (bicyclic) bond motifs is 2. The highest BCUT2D eigenvalue weighted by molar-refractivity contribution is 6.30. The Balaban J connectivity index is 1.48.